The molecule has 0 aliphatic heterocycles. The summed E-state index contributed by atoms with van der Waals surface area (Å²) in [6.45, 7) is 0.979. The van der Waals surface area contributed by atoms with E-state index in [2.05, 4.69) is 10.3 Å². The molecule has 7 nitrogen and oxygen atoms in total. The van der Waals surface area contributed by atoms with E-state index >= 15 is 0 Å². The summed E-state index contributed by atoms with van der Waals surface area (Å²) < 4.78 is 35.4. The Morgan fingerprint density at radius 2 is 1.97 bits per heavy atom. The van der Waals surface area contributed by atoms with Crippen LogP contribution in [0, 0.1) is 5.92 Å². The first kappa shape index (κ1) is 22.7. The fourth-order valence-electron chi connectivity index (χ4n) is 4.40. The molecule has 1 amide bonds. The van der Waals surface area contributed by atoms with Crippen molar-refractivity contribution in [3.63, 3.8) is 0 Å². The number of fused-ring (bicyclic) bond motifs is 1. The minimum Gasteiger partial charge on any atom is -0.488 e. The number of pyridine rings is 1. The van der Waals surface area contributed by atoms with Crippen molar-refractivity contribution in [2.24, 2.45) is 5.92 Å². The Labute approximate surface area is 196 Å². The van der Waals surface area contributed by atoms with Crippen LogP contribution in [0.1, 0.15) is 67.7 Å². The molecule has 2 N–H and O–H groups in total. The molecule has 1 aromatic carbocycles. The highest BCUT2D eigenvalue weighted by Crippen LogP contribution is 2.37. The van der Waals surface area contributed by atoms with Gasteiger partial charge in [0.05, 0.1) is 23.3 Å². The number of carbonyl (C=O) groups excluding carboxylic acids is 1. The number of nitrogens with zero attached hydrogens (tertiary/aromatic N) is 3. The van der Waals surface area contributed by atoms with Gasteiger partial charge in [0.1, 0.15) is 17.1 Å². The molecule has 2 aliphatic rings. The molecule has 0 saturated heterocycles. The SMILES string of the molecule is CC(F)(F)c1cccc(C(=O)Nc2cc3cn([C@H]4CC[C@H](CO)CC4)nc3cc2OC2CC2)n1. The summed E-state index contributed by atoms with van der Waals surface area (Å²) >= 11 is 0. The number of amides is 1. The minimum absolute atomic E-state index is 0.0900. The maximum Gasteiger partial charge on any atom is 0.287 e. The van der Waals surface area contributed by atoms with Crippen LogP contribution in [0.25, 0.3) is 10.9 Å². The number of hydrogen-bond donors (Lipinski definition) is 2. The molecule has 2 aromatic heterocycles. The summed E-state index contributed by atoms with van der Waals surface area (Å²) in [6, 6.07) is 7.91. The van der Waals surface area contributed by atoms with Crippen LogP contribution in [-0.2, 0) is 5.92 Å². The molecule has 2 heterocycles. The summed E-state index contributed by atoms with van der Waals surface area (Å²) in [7, 11) is 0. The molecule has 0 atom stereocenters. The van der Waals surface area contributed by atoms with Crippen molar-refractivity contribution in [3.8, 4) is 5.75 Å². The standard InChI is InChI=1S/C25H28F2N4O3/c1-25(26,27)23-4-2-3-19(28-23)24(33)29-21-11-16-13-31(17-7-5-15(14-32)6-8-17)30-20(16)12-22(21)34-18-9-10-18/h2-4,11-13,15,17-18,32H,5-10,14H2,1H3,(H,29,33)/t15-,17-. The topological polar surface area (TPSA) is 89.3 Å². The first-order chi connectivity index (χ1) is 16.3. The molecule has 0 spiro atoms. The zero-order valence-corrected chi connectivity index (χ0v) is 19.0. The number of aliphatic hydroxyl groups excluding tert-OH is 1. The highest BCUT2D eigenvalue weighted by Gasteiger charge is 2.29. The fraction of sp³-hybridized carbons (Fsp3) is 0.480. The number of alkyl halides is 2. The zero-order chi connectivity index (χ0) is 23.9. The molecule has 5 rings (SSSR count). The maximum atomic E-state index is 13.7. The zero-order valence-electron chi connectivity index (χ0n) is 19.0. The van der Waals surface area contributed by atoms with Crippen molar-refractivity contribution in [1.82, 2.24) is 14.8 Å². The fourth-order valence-corrected chi connectivity index (χ4v) is 4.40. The highest BCUT2D eigenvalue weighted by atomic mass is 19.3. The van der Waals surface area contributed by atoms with Crippen molar-refractivity contribution in [3.05, 3.63) is 47.9 Å². The van der Waals surface area contributed by atoms with E-state index < -0.39 is 17.5 Å². The van der Waals surface area contributed by atoms with Crippen molar-refractivity contribution in [2.45, 2.75) is 63.5 Å². The van der Waals surface area contributed by atoms with E-state index in [-0.39, 0.29) is 24.4 Å². The summed E-state index contributed by atoms with van der Waals surface area (Å²) in [5, 5.41) is 17.8. The molecule has 3 aromatic rings. The van der Waals surface area contributed by atoms with Crippen molar-refractivity contribution in [1.29, 1.82) is 0 Å². The lowest BCUT2D eigenvalue weighted by Crippen LogP contribution is -2.20. The molecule has 2 aliphatic carbocycles. The summed E-state index contributed by atoms with van der Waals surface area (Å²) in [5.41, 5.74) is 0.683. The van der Waals surface area contributed by atoms with Crippen LogP contribution in [0.4, 0.5) is 14.5 Å². The molecule has 2 fully saturated rings. The number of rotatable bonds is 7. The van der Waals surface area contributed by atoms with Crippen LogP contribution in [0.15, 0.2) is 36.5 Å². The van der Waals surface area contributed by atoms with Crippen LogP contribution in [0.5, 0.6) is 5.75 Å². The van der Waals surface area contributed by atoms with Gasteiger partial charge >= 0.3 is 0 Å². The third kappa shape index (κ3) is 4.89. The third-order valence-electron chi connectivity index (χ3n) is 6.57. The van der Waals surface area contributed by atoms with E-state index in [9.17, 15) is 18.7 Å². The maximum absolute atomic E-state index is 13.7. The first-order valence-corrected chi connectivity index (χ1v) is 11.8. The van der Waals surface area contributed by atoms with E-state index in [1.807, 2.05) is 23.0 Å². The predicted molar refractivity (Wildman–Crippen MR) is 123 cm³/mol. The Kier molecular flexibility index (Phi) is 5.97. The Morgan fingerprint density at radius 1 is 1.21 bits per heavy atom. The van der Waals surface area contributed by atoms with Crippen LogP contribution >= 0.6 is 0 Å². The lowest BCUT2D eigenvalue weighted by molar-refractivity contribution is 0.0126. The normalized spacial score (nSPS) is 20.9. The van der Waals surface area contributed by atoms with Gasteiger partial charge in [-0.15, -0.1) is 0 Å². The second-order valence-electron chi connectivity index (χ2n) is 9.44. The van der Waals surface area contributed by atoms with Gasteiger partial charge in [-0.2, -0.15) is 13.9 Å². The average molecular weight is 471 g/mol. The number of nitrogens with one attached hydrogen (secondary N) is 1. The number of anilines is 1. The molecule has 0 bridgehead atoms. The Bertz CT molecular complexity index is 1190. The van der Waals surface area contributed by atoms with E-state index in [1.165, 1.54) is 18.2 Å². The highest BCUT2D eigenvalue weighted by molar-refractivity contribution is 6.05. The van der Waals surface area contributed by atoms with Crippen LogP contribution in [0.2, 0.25) is 0 Å². The largest absolute Gasteiger partial charge is 0.488 e. The number of hydrogen-bond acceptors (Lipinski definition) is 5. The van der Waals surface area contributed by atoms with E-state index in [1.54, 1.807) is 0 Å². The molecule has 0 radical (unpaired) electrons. The van der Waals surface area contributed by atoms with Gasteiger partial charge in [-0.25, -0.2) is 4.98 Å². The molecule has 34 heavy (non-hydrogen) atoms. The van der Waals surface area contributed by atoms with Gasteiger partial charge in [-0.05, 0) is 62.6 Å². The van der Waals surface area contributed by atoms with Gasteiger partial charge in [0.15, 0.2) is 0 Å². The van der Waals surface area contributed by atoms with Crippen LogP contribution in [0.3, 0.4) is 0 Å². The van der Waals surface area contributed by atoms with Crippen LogP contribution < -0.4 is 10.1 Å². The second kappa shape index (κ2) is 8.94. The number of ether oxygens (including phenoxy) is 1. The first-order valence-electron chi connectivity index (χ1n) is 11.8. The van der Waals surface area contributed by atoms with Gasteiger partial charge in [0, 0.05) is 31.2 Å². The average Bonchev–Trinajstić information content (AvgIpc) is 3.55. The van der Waals surface area contributed by atoms with Crippen molar-refractivity contribution >= 4 is 22.5 Å². The number of aliphatic hydroxyl groups is 1. The number of aromatic nitrogens is 3. The van der Waals surface area contributed by atoms with Gasteiger partial charge in [0.25, 0.3) is 11.8 Å². The van der Waals surface area contributed by atoms with Gasteiger partial charge in [-0.1, -0.05) is 6.07 Å². The minimum atomic E-state index is -3.14. The van der Waals surface area contributed by atoms with Gasteiger partial charge in [0.2, 0.25) is 0 Å². The molecule has 2 saturated carbocycles. The molecular weight excluding hydrogens is 442 g/mol. The Morgan fingerprint density at radius 3 is 2.65 bits per heavy atom. The molecule has 0 unspecified atom stereocenters. The van der Waals surface area contributed by atoms with Gasteiger partial charge < -0.3 is 15.2 Å². The summed E-state index contributed by atoms with van der Waals surface area (Å²) in [5.74, 6) is -2.85. The number of halogens is 2. The number of benzene rings is 1. The monoisotopic (exact) mass is 470 g/mol. The third-order valence-corrected chi connectivity index (χ3v) is 6.57. The Hall–Kier alpha value is -3.07. The molecular formula is C25H28F2N4O3. The van der Waals surface area contributed by atoms with Gasteiger partial charge in [-0.3, -0.25) is 9.48 Å². The predicted octanol–water partition coefficient (Wildman–Crippen LogP) is 5.06. The molecule has 9 heteroatoms. The molecule has 180 valence electrons. The van der Waals surface area contributed by atoms with E-state index in [4.69, 9.17) is 9.84 Å². The van der Waals surface area contributed by atoms with Crippen LogP contribution in [-0.4, -0.2) is 38.5 Å². The quantitative estimate of drug-likeness (QED) is 0.504. The number of carbonyl (C=O) groups is 1. The summed E-state index contributed by atoms with van der Waals surface area (Å²) in [6.07, 6.45) is 7.81. The lowest BCUT2D eigenvalue weighted by atomic mass is 9.87. The smallest absolute Gasteiger partial charge is 0.287 e. The van der Waals surface area contributed by atoms with E-state index in [0.29, 0.717) is 17.4 Å². The van der Waals surface area contributed by atoms with Crippen molar-refractivity contribution < 1.29 is 23.4 Å². The second-order valence-corrected chi connectivity index (χ2v) is 9.44. The van der Waals surface area contributed by atoms with E-state index in [0.717, 1.165) is 56.4 Å². The lowest BCUT2D eigenvalue weighted by Gasteiger charge is -2.27. The summed E-state index contributed by atoms with van der Waals surface area (Å²) in [4.78, 5) is 16.7. The van der Waals surface area contributed by atoms with Crippen molar-refractivity contribution in [2.75, 3.05) is 11.9 Å². The Balaban J connectivity index is 1.42.